The van der Waals surface area contributed by atoms with Crippen LogP contribution in [-0.4, -0.2) is 90.1 Å². The van der Waals surface area contributed by atoms with Gasteiger partial charge < -0.3 is 50.0 Å². The average Bonchev–Trinajstić information content (AvgIpc) is 3.21. The van der Waals surface area contributed by atoms with Crippen molar-refractivity contribution in [2.75, 3.05) is 46.9 Å². The number of phenols is 1. The highest BCUT2D eigenvalue weighted by Gasteiger charge is 2.43. The van der Waals surface area contributed by atoms with Gasteiger partial charge in [-0.25, -0.2) is 4.79 Å². The van der Waals surface area contributed by atoms with Gasteiger partial charge in [-0.05, 0) is 80.4 Å². The van der Waals surface area contributed by atoms with Gasteiger partial charge in [-0.3, -0.25) is 9.59 Å². The minimum atomic E-state index is -2.04. The average molecular weight is 765 g/mol. The number of carbonyl (C=O) groups excluding carboxylic acids is 2. The number of likely N-dealkylation sites (tertiary alicyclic amines) is 1. The second-order valence-corrected chi connectivity index (χ2v) is 14.0. The summed E-state index contributed by atoms with van der Waals surface area (Å²) in [6, 6.07) is 26.6. The van der Waals surface area contributed by atoms with Crippen LogP contribution in [0.2, 0.25) is 0 Å². The maximum Gasteiger partial charge on any atom is 0.348 e. The Kier molecular flexibility index (Phi) is 13.0. The van der Waals surface area contributed by atoms with Crippen LogP contribution >= 0.6 is 0 Å². The van der Waals surface area contributed by atoms with Crippen molar-refractivity contribution in [1.82, 2.24) is 20.5 Å². The Hall–Kier alpha value is -5.73. The summed E-state index contributed by atoms with van der Waals surface area (Å²) in [5.41, 5.74) is 0.342. The van der Waals surface area contributed by atoms with E-state index in [1.807, 2.05) is 13.1 Å². The number of likely N-dealkylation sites (N-methyl/N-ethyl adjacent to an activating group) is 1. The number of aromatic amines is 1. The monoisotopic (exact) mass is 764 g/mol. The molecule has 56 heavy (non-hydrogen) atoms. The molecule has 0 radical (unpaired) electrons. The van der Waals surface area contributed by atoms with Gasteiger partial charge in [-0.2, -0.15) is 0 Å². The lowest BCUT2D eigenvalue weighted by Crippen LogP contribution is -2.44. The number of benzene rings is 4. The van der Waals surface area contributed by atoms with Gasteiger partial charge in [0, 0.05) is 54.3 Å². The number of esters is 1. The number of hydrogen-bond acceptors (Lipinski definition) is 11. The third-order valence-corrected chi connectivity index (χ3v) is 9.94. The van der Waals surface area contributed by atoms with Gasteiger partial charge in [0.1, 0.15) is 23.4 Å². The summed E-state index contributed by atoms with van der Waals surface area (Å²) in [7, 11) is 3.50. The molecule has 2 heterocycles. The minimum Gasteiger partial charge on any atom is -0.506 e. The van der Waals surface area contributed by atoms with E-state index in [1.54, 1.807) is 78.9 Å². The smallest absolute Gasteiger partial charge is 0.348 e. The summed E-state index contributed by atoms with van der Waals surface area (Å²) in [5.74, 6) is -0.136. The quantitative estimate of drug-likeness (QED) is 0.0628. The number of piperidine rings is 1. The van der Waals surface area contributed by atoms with Crippen LogP contribution in [0.3, 0.4) is 0 Å². The van der Waals surface area contributed by atoms with Crippen molar-refractivity contribution in [3.8, 4) is 17.2 Å². The summed E-state index contributed by atoms with van der Waals surface area (Å²) < 4.78 is 17.4. The number of H-pyrrole nitrogens is 1. The Morgan fingerprint density at radius 2 is 1.80 bits per heavy atom. The largest absolute Gasteiger partial charge is 0.506 e. The third-order valence-electron chi connectivity index (χ3n) is 9.94. The highest BCUT2D eigenvalue weighted by Crippen LogP contribution is 2.34. The molecule has 0 bridgehead atoms. The maximum atomic E-state index is 13.7. The summed E-state index contributed by atoms with van der Waals surface area (Å²) in [6.45, 7) is 2.66. The fourth-order valence-electron chi connectivity index (χ4n) is 6.95. The number of aromatic nitrogens is 1. The first kappa shape index (κ1) is 39.9. The normalized spacial score (nSPS) is 16.1. The van der Waals surface area contributed by atoms with E-state index in [-0.39, 0.29) is 42.0 Å². The van der Waals surface area contributed by atoms with E-state index in [1.165, 1.54) is 19.2 Å². The number of aliphatic hydroxyl groups excluding tert-OH is 1. The number of aliphatic hydroxyl groups is 2. The van der Waals surface area contributed by atoms with E-state index in [0.717, 1.165) is 24.9 Å². The Morgan fingerprint density at radius 1 is 1.00 bits per heavy atom. The number of amides is 1. The Morgan fingerprint density at radius 3 is 2.59 bits per heavy atom. The van der Waals surface area contributed by atoms with Crippen molar-refractivity contribution < 1.29 is 39.1 Å². The molecule has 1 aliphatic heterocycles. The number of fused-ring (bicyclic) bond motifs is 1. The maximum absolute atomic E-state index is 13.7. The molecule has 6 rings (SSSR count). The molecule has 5 aromatic rings. The lowest BCUT2D eigenvalue weighted by atomic mass is 9.86. The predicted octanol–water partition coefficient (Wildman–Crippen LogP) is 4.14. The zero-order chi connectivity index (χ0) is 39.7. The lowest BCUT2D eigenvalue weighted by Gasteiger charge is -2.33. The molecule has 1 fully saturated rings. The van der Waals surface area contributed by atoms with E-state index in [2.05, 4.69) is 20.5 Å². The topological polar surface area (TPSA) is 183 Å². The number of carbonyl (C=O) groups is 2. The van der Waals surface area contributed by atoms with Gasteiger partial charge in [0.05, 0.1) is 25.3 Å². The van der Waals surface area contributed by atoms with Gasteiger partial charge in [0.2, 0.25) is 11.2 Å². The number of nitrogens with one attached hydrogen (secondary N) is 3. The molecule has 0 aliphatic carbocycles. The van der Waals surface area contributed by atoms with Crippen molar-refractivity contribution >= 4 is 22.8 Å². The van der Waals surface area contributed by atoms with Crippen LogP contribution in [0.4, 0.5) is 0 Å². The van der Waals surface area contributed by atoms with Crippen LogP contribution < -0.4 is 25.7 Å². The third kappa shape index (κ3) is 9.37. The van der Waals surface area contributed by atoms with Crippen molar-refractivity contribution in [3.63, 3.8) is 0 Å². The number of aromatic hydroxyl groups is 1. The summed E-state index contributed by atoms with van der Waals surface area (Å²) in [5, 5.41) is 39.7. The van der Waals surface area contributed by atoms with E-state index in [4.69, 9.17) is 14.2 Å². The van der Waals surface area contributed by atoms with Crippen LogP contribution in [0, 0.1) is 0 Å². The fraction of sp³-hybridized carbons (Fsp3) is 0.326. The van der Waals surface area contributed by atoms with Crippen molar-refractivity contribution in [3.05, 3.63) is 135 Å². The van der Waals surface area contributed by atoms with Gasteiger partial charge in [-0.15, -0.1) is 0 Å². The summed E-state index contributed by atoms with van der Waals surface area (Å²) >= 11 is 0. The predicted molar refractivity (Wildman–Crippen MR) is 211 cm³/mol. The van der Waals surface area contributed by atoms with Crippen molar-refractivity contribution in [1.29, 1.82) is 0 Å². The molecule has 3 atom stereocenters. The first-order valence-electron chi connectivity index (χ1n) is 18.7. The molecule has 1 saturated heterocycles. The second kappa shape index (κ2) is 18.3. The molecule has 1 aromatic heterocycles. The van der Waals surface area contributed by atoms with Crippen molar-refractivity contribution in [2.24, 2.45) is 0 Å². The Balaban J connectivity index is 1.00. The molecule has 13 heteroatoms. The van der Waals surface area contributed by atoms with Crippen LogP contribution in [0.5, 0.6) is 17.2 Å². The lowest BCUT2D eigenvalue weighted by molar-refractivity contribution is -0.170. The second-order valence-electron chi connectivity index (χ2n) is 14.0. The molecule has 294 valence electrons. The minimum absolute atomic E-state index is 0.0804. The van der Waals surface area contributed by atoms with Crippen LogP contribution in [0.1, 0.15) is 58.0 Å². The number of methoxy groups -OCH3 is 1. The molecule has 1 aliphatic rings. The van der Waals surface area contributed by atoms with E-state index < -0.39 is 17.7 Å². The number of ether oxygens (including phenoxy) is 3. The Labute approximate surface area is 324 Å². The molecule has 0 unspecified atom stereocenters. The van der Waals surface area contributed by atoms with Crippen LogP contribution in [0.25, 0.3) is 10.9 Å². The molecule has 13 nitrogen and oxygen atoms in total. The molecule has 1 amide bonds. The number of phenolic OH excluding ortho intramolecular Hbond substituents is 1. The molecule has 0 saturated carbocycles. The highest BCUT2D eigenvalue weighted by atomic mass is 16.6. The SMILES string of the molecule is COc1cc(C(=O)NCCCOc2cccc([C@](O)(C(=O)O[C@@H]3CCCN(C)C3)c3ccccc3)c2)ccc1CNC[C@H](O)c1ccc(O)c2[nH]c(=O)ccc12. The molecule has 6 N–H and O–H groups in total. The first-order valence-corrected chi connectivity index (χ1v) is 18.7. The van der Waals surface area contributed by atoms with Gasteiger partial charge in [-0.1, -0.05) is 54.6 Å². The van der Waals surface area contributed by atoms with E-state index in [9.17, 15) is 29.7 Å². The standard InChI is InChI=1S/C43H48N4O9/c1-47-21-7-13-33(27-47)56-42(52)43(53,30-9-4-3-5-10-30)31-11-6-12-32(24-31)55-22-8-20-45-41(51)28-14-15-29(38(23-28)54-2)25-44-26-37(49)34-16-18-36(48)40-35(34)17-19-39(50)46-40/h3-6,9-12,14-19,23-24,33,37,44,48-49,53H,7-8,13,20-22,25-27H2,1-2H3,(H,45,51)(H,46,50)/t33-,37+,43+/m1/s1. The number of nitrogens with zero attached hydrogens (tertiary/aromatic N) is 1. The highest BCUT2D eigenvalue weighted by molar-refractivity contribution is 5.94. The number of pyridine rings is 1. The molecule has 0 spiro atoms. The number of rotatable bonds is 16. The number of hydrogen-bond donors (Lipinski definition) is 6. The van der Waals surface area contributed by atoms with Crippen molar-refractivity contribution in [2.45, 2.75) is 43.6 Å². The zero-order valence-corrected chi connectivity index (χ0v) is 31.5. The summed E-state index contributed by atoms with van der Waals surface area (Å²) in [4.78, 5) is 43.1. The molecular weight excluding hydrogens is 716 g/mol. The summed E-state index contributed by atoms with van der Waals surface area (Å²) in [6.07, 6.45) is 0.885. The van der Waals surface area contributed by atoms with E-state index >= 15 is 0 Å². The van der Waals surface area contributed by atoms with Gasteiger partial charge in [0.25, 0.3) is 5.91 Å². The Bertz CT molecular complexity index is 2190. The first-order chi connectivity index (χ1) is 27.1. The molecule has 4 aromatic carbocycles. The van der Waals surface area contributed by atoms with Crippen LogP contribution in [-0.2, 0) is 21.7 Å². The van der Waals surface area contributed by atoms with Gasteiger partial charge in [0.15, 0.2) is 0 Å². The molecular formula is C43H48N4O9. The zero-order valence-electron chi connectivity index (χ0n) is 31.5. The van der Waals surface area contributed by atoms with Gasteiger partial charge >= 0.3 is 5.97 Å². The van der Waals surface area contributed by atoms with Crippen LogP contribution in [0.15, 0.2) is 102 Å². The van der Waals surface area contributed by atoms with E-state index in [0.29, 0.717) is 65.2 Å². The fourth-order valence-corrected chi connectivity index (χ4v) is 6.95.